The van der Waals surface area contributed by atoms with E-state index in [2.05, 4.69) is 33.5 Å². The summed E-state index contributed by atoms with van der Waals surface area (Å²) in [5.41, 5.74) is 1.16. The highest BCUT2D eigenvalue weighted by molar-refractivity contribution is 7.21. The molecule has 0 fully saturated rings. The third-order valence-corrected chi connectivity index (χ3v) is 5.57. The van der Waals surface area contributed by atoms with Crippen LogP contribution in [-0.4, -0.2) is 47.2 Å². The van der Waals surface area contributed by atoms with Crippen molar-refractivity contribution in [1.82, 2.24) is 15.3 Å². The number of anilines is 1. The first-order valence-electron chi connectivity index (χ1n) is 9.03. The summed E-state index contributed by atoms with van der Waals surface area (Å²) in [7, 11) is 1.93. The second kappa shape index (κ2) is 8.92. The molecule has 2 heterocycles. The zero-order valence-corrected chi connectivity index (χ0v) is 16.4. The summed E-state index contributed by atoms with van der Waals surface area (Å²) in [6.07, 6.45) is 2.62. The number of aromatic nitrogens is 2. The molecule has 0 spiro atoms. The lowest BCUT2D eigenvalue weighted by atomic mass is 10.2. The molecule has 2 aromatic heterocycles. The van der Waals surface area contributed by atoms with Gasteiger partial charge in [-0.2, -0.15) is 0 Å². The zero-order valence-electron chi connectivity index (χ0n) is 15.6. The van der Waals surface area contributed by atoms with E-state index in [0.29, 0.717) is 19.4 Å². The Hall–Kier alpha value is -2.51. The maximum Gasteiger partial charge on any atom is 0.222 e. The van der Waals surface area contributed by atoms with Crippen molar-refractivity contribution in [3.63, 3.8) is 0 Å². The minimum Gasteiger partial charge on any atom is -0.394 e. The van der Waals surface area contributed by atoms with Crippen molar-refractivity contribution in [1.29, 1.82) is 0 Å². The zero-order chi connectivity index (χ0) is 19.2. The Morgan fingerprint density at radius 3 is 2.78 bits per heavy atom. The van der Waals surface area contributed by atoms with Crippen LogP contribution in [0.15, 0.2) is 42.7 Å². The summed E-state index contributed by atoms with van der Waals surface area (Å²) in [6, 6.07) is 12.1. The smallest absolute Gasteiger partial charge is 0.222 e. The minimum atomic E-state index is -0.182. The van der Waals surface area contributed by atoms with Crippen LogP contribution in [0.2, 0.25) is 0 Å². The second-order valence-corrected chi connectivity index (χ2v) is 7.45. The van der Waals surface area contributed by atoms with E-state index in [4.69, 9.17) is 0 Å². The Labute approximate surface area is 162 Å². The third kappa shape index (κ3) is 4.61. The minimum absolute atomic E-state index is 0.0399. The van der Waals surface area contributed by atoms with Crippen molar-refractivity contribution in [2.75, 3.05) is 25.1 Å². The molecule has 27 heavy (non-hydrogen) atoms. The average Bonchev–Trinajstić information content (AvgIpc) is 3.15. The number of carbonyl (C=O) groups excluding carboxylic acids is 1. The number of carbonyl (C=O) groups is 1. The van der Waals surface area contributed by atoms with Gasteiger partial charge in [0.1, 0.15) is 17.0 Å². The number of thiophene rings is 1. The number of rotatable bonds is 8. The number of benzene rings is 1. The van der Waals surface area contributed by atoms with E-state index in [0.717, 1.165) is 26.5 Å². The quantitative estimate of drug-likeness (QED) is 0.624. The number of aliphatic hydroxyl groups excluding tert-OH is 1. The number of nitrogens with one attached hydrogen (secondary N) is 1. The molecule has 3 rings (SSSR count). The van der Waals surface area contributed by atoms with Crippen LogP contribution < -0.4 is 10.2 Å². The van der Waals surface area contributed by atoms with Gasteiger partial charge in [-0.3, -0.25) is 4.79 Å². The monoisotopic (exact) mass is 384 g/mol. The predicted molar refractivity (Wildman–Crippen MR) is 110 cm³/mol. The van der Waals surface area contributed by atoms with E-state index < -0.39 is 0 Å². The highest BCUT2D eigenvalue weighted by atomic mass is 32.1. The highest BCUT2D eigenvalue weighted by Gasteiger charge is 2.15. The molecule has 0 aliphatic carbocycles. The maximum absolute atomic E-state index is 12.1. The molecule has 0 bridgehead atoms. The molecule has 0 aliphatic heterocycles. The predicted octanol–water partition coefficient (Wildman–Crippen LogP) is 3.07. The van der Waals surface area contributed by atoms with Gasteiger partial charge < -0.3 is 15.3 Å². The Morgan fingerprint density at radius 1 is 1.30 bits per heavy atom. The summed E-state index contributed by atoms with van der Waals surface area (Å²) in [6.45, 7) is 2.43. The van der Waals surface area contributed by atoms with Gasteiger partial charge in [0.15, 0.2) is 0 Å². The van der Waals surface area contributed by atoms with Crippen molar-refractivity contribution in [3.05, 3.63) is 42.7 Å². The fraction of sp³-hybridized carbons (Fsp3) is 0.350. The topological polar surface area (TPSA) is 78.4 Å². The normalized spacial score (nSPS) is 12.1. The first-order chi connectivity index (χ1) is 13.1. The van der Waals surface area contributed by atoms with Gasteiger partial charge in [0.05, 0.1) is 18.0 Å². The van der Waals surface area contributed by atoms with Crippen LogP contribution in [0.25, 0.3) is 20.7 Å². The van der Waals surface area contributed by atoms with Crippen molar-refractivity contribution in [2.45, 2.75) is 25.8 Å². The molecule has 0 radical (unpaired) electrons. The second-order valence-electron chi connectivity index (χ2n) is 6.42. The van der Waals surface area contributed by atoms with Gasteiger partial charge in [0.25, 0.3) is 0 Å². The van der Waals surface area contributed by atoms with Crippen LogP contribution in [0.5, 0.6) is 0 Å². The number of hydrogen-bond acceptors (Lipinski definition) is 6. The molecule has 0 saturated carbocycles. The van der Waals surface area contributed by atoms with Crippen LogP contribution in [0.4, 0.5) is 5.82 Å². The SMILES string of the molecule is CCC(CO)NC(=O)CCN(C)c1ncnc2sc(-c3ccccc3)cc12. The summed E-state index contributed by atoms with van der Waals surface area (Å²) in [4.78, 5) is 25.0. The molecule has 1 atom stereocenters. The van der Waals surface area contributed by atoms with Gasteiger partial charge in [0.2, 0.25) is 5.91 Å². The van der Waals surface area contributed by atoms with Crippen molar-refractivity contribution in [3.8, 4) is 10.4 Å². The van der Waals surface area contributed by atoms with E-state index in [1.54, 1.807) is 17.7 Å². The molecule has 142 valence electrons. The van der Waals surface area contributed by atoms with Crippen molar-refractivity contribution < 1.29 is 9.90 Å². The van der Waals surface area contributed by atoms with Gasteiger partial charge in [-0.05, 0) is 18.1 Å². The lowest BCUT2D eigenvalue weighted by molar-refractivity contribution is -0.121. The van der Waals surface area contributed by atoms with E-state index in [-0.39, 0.29) is 18.6 Å². The lowest BCUT2D eigenvalue weighted by Gasteiger charge is -2.19. The summed E-state index contributed by atoms with van der Waals surface area (Å²) in [5.74, 6) is 0.753. The van der Waals surface area contributed by atoms with Crippen molar-refractivity contribution in [2.24, 2.45) is 0 Å². The summed E-state index contributed by atoms with van der Waals surface area (Å²) < 4.78 is 0. The van der Waals surface area contributed by atoms with Crippen LogP contribution in [0, 0.1) is 0 Å². The van der Waals surface area contributed by atoms with E-state index >= 15 is 0 Å². The molecule has 1 unspecified atom stereocenters. The molecule has 1 aromatic carbocycles. The molecule has 3 aromatic rings. The first kappa shape index (κ1) is 19.3. The van der Waals surface area contributed by atoms with Gasteiger partial charge in [-0.15, -0.1) is 11.3 Å². The van der Waals surface area contributed by atoms with Gasteiger partial charge in [-0.1, -0.05) is 37.3 Å². The molecule has 0 aliphatic rings. The molecule has 2 N–H and O–H groups in total. The van der Waals surface area contributed by atoms with Crippen LogP contribution in [0.1, 0.15) is 19.8 Å². The maximum atomic E-state index is 12.1. The molecule has 7 heteroatoms. The van der Waals surface area contributed by atoms with E-state index in [1.165, 1.54) is 0 Å². The van der Waals surface area contributed by atoms with Crippen LogP contribution >= 0.6 is 11.3 Å². The van der Waals surface area contributed by atoms with E-state index in [1.807, 2.05) is 37.1 Å². The third-order valence-electron chi connectivity index (χ3n) is 4.48. The Bertz CT molecular complexity index is 893. The fourth-order valence-electron chi connectivity index (χ4n) is 2.84. The number of fused-ring (bicyclic) bond motifs is 1. The summed E-state index contributed by atoms with van der Waals surface area (Å²) in [5, 5.41) is 13.0. The van der Waals surface area contributed by atoms with Gasteiger partial charge in [0, 0.05) is 24.9 Å². The molecular weight excluding hydrogens is 360 g/mol. The number of aliphatic hydroxyl groups is 1. The molecule has 0 saturated heterocycles. The molecule has 1 amide bonds. The highest BCUT2D eigenvalue weighted by Crippen LogP contribution is 2.35. The van der Waals surface area contributed by atoms with Gasteiger partial charge >= 0.3 is 0 Å². The Kier molecular flexibility index (Phi) is 6.36. The molecule has 6 nitrogen and oxygen atoms in total. The fourth-order valence-corrected chi connectivity index (χ4v) is 3.84. The standard InChI is InChI=1S/C20H24N4O2S/c1-3-15(12-25)23-18(26)9-10-24(2)19-16-11-17(14-7-5-4-6-8-14)27-20(16)22-13-21-19/h4-8,11,13,15,25H,3,9-10,12H2,1-2H3,(H,23,26). The van der Waals surface area contributed by atoms with Gasteiger partial charge in [-0.25, -0.2) is 9.97 Å². The largest absolute Gasteiger partial charge is 0.394 e. The Morgan fingerprint density at radius 2 is 2.07 bits per heavy atom. The number of hydrogen-bond donors (Lipinski definition) is 2. The van der Waals surface area contributed by atoms with Crippen molar-refractivity contribution >= 4 is 33.3 Å². The number of amides is 1. The number of nitrogens with zero attached hydrogens (tertiary/aromatic N) is 3. The van der Waals surface area contributed by atoms with E-state index in [9.17, 15) is 9.90 Å². The first-order valence-corrected chi connectivity index (χ1v) is 9.85. The Balaban J connectivity index is 1.74. The van der Waals surface area contributed by atoms with Crippen LogP contribution in [0.3, 0.4) is 0 Å². The lowest BCUT2D eigenvalue weighted by Crippen LogP contribution is -2.38. The molecular formula is C20H24N4O2S. The average molecular weight is 385 g/mol. The van der Waals surface area contributed by atoms with Crippen LogP contribution in [-0.2, 0) is 4.79 Å². The summed E-state index contributed by atoms with van der Waals surface area (Å²) >= 11 is 1.64.